The summed E-state index contributed by atoms with van der Waals surface area (Å²) >= 11 is 0. The van der Waals surface area contributed by atoms with Crippen LogP contribution >= 0.6 is 12.4 Å². The first-order valence-electron chi connectivity index (χ1n) is 6.56. The van der Waals surface area contributed by atoms with Gasteiger partial charge in [0.2, 0.25) is 0 Å². The molecule has 3 nitrogen and oxygen atoms in total. The monoisotopic (exact) mass is 304 g/mol. The van der Waals surface area contributed by atoms with Crippen LogP contribution in [0.3, 0.4) is 0 Å². The van der Waals surface area contributed by atoms with Gasteiger partial charge in [-0.1, -0.05) is 0 Å². The van der Waals surface area contributed by atoms with E-state index in [-0.39, 0.29) is 23.9 Å². The Morgan fingerprint density at radius 1 is 1.40 bits per heavy atom. The van der Waals surface area contributed by atoms with Gasteiger partial charge in [-0.25, -0.2) is 8.78 Å². The topological polar surface area (TPSA) is 46.3 Å². The molecule has 0 aliphatic carbocycles. The van der Waals surface area contributed by atoms with E-state index in [2.05, 4.69) is 0 Å². The van der Waals surface area contributed by atoms with Gasteiger partial charge in [0.1, 0.15) is 11.6 Å². The number of nitrogens with zero attached hydrogens (tertiary/aromatic N) is 1. The SMILES string of the molecule is Cl.NCCC1CCCN(C(=O)c2ccc(F)cc2F)C1. The highest BCUT2D eigenvalue weighted by molar-refractivity contribution is 5.94. The number of carbonyl (C=O) groups excluding carboxylic acids is 1. The molecule has 112 valence electrons. The lowest BCUT2D eigenvalue weighted by atomic mass is 9.94. The Kier molecular flexibility index (Phi) is 6.36. The zero-order valence-corrected chi connectivity index (χ0v) is 12.0. The summed E-state index contributed by atoms with van der Waals surface area (Å²) in [7, 11) is 0. The van der Waals surface area contributed by atoms with E-state index in [1.54, 1.807) is 4.90 Å². The predicted octanol–water partition coefficient (Wildman–Crippen LogP) is 2.59. The Hall–Kier alpha value is -1.20. The van der Waals surface area contributed by atoms with Crippen molar-refractivity contribution >= 4 is 18.3 Å². The maximum atomic E-state index is 13.6. The molecule has 1 fully saturated rings. The molecule has 0 bridgehead atoms. The number of halogens is 3. The van der Waals surface area contributed by atoms with Crippen molar-refractivity contribution in [1.82, 2.24) is 4.90 Å². The van der Waals surface area contributed by atoms with Crippen molar-refractivity contribution in [3.63, 3.8) is 0 Å². The Morgan fingerprint density at radius 3 is 2.80 bits per heavy atom. The van der Waals surface area contributed by atoms with Crippen molar-refractivity contribution in [3.8, 4) is 0 Å². The van der Waals surface area contributed by atoms with Crippen molar-refractivity contribution in [2.75, 3.05) is 19.6 Å². The average Bonchev–Trinajstić information content (AvgIpc) is 2.39. The lowest BCUT2D eigenvalue weighted by Gasteiger charge is -2.32. The van der Waals surface area contributed by atoms with E-state index in [9.17, 15) is 13.6 Å². The molecule has 2 rings (SSSR count). The minimum Gasteiger partial charge on any atom is -0.338 e. The summed E-state index contributed by atoms with van der Waals surface area (Å²) in [6.45, 7) is 1.82. The number of likely N-dealkylation sites (tertiary alicyclic amines) is 1. The van der Waals surface area contributed by atoms with Gasteiger partial charge in [-0.05, 0) is 43.9 Å². The van der Waals surface area contributed by atoms with Crippen LogP contribution in [0.5, 0.6) is 0 Å². The third-order valence-corrected chi connectivity index (χ3v) is 3.54. The molecule has 1 aromatic carbocycles. The fourth-order valence-electron chi connectivity index (χ4n) is 2.55. The van der Waals surface area contributed by atoms with E-state index in [1.807, 2.05) is 0 Å². The maximum absolute atomic E-state index is 13.6. The number of nitrogens with two attached hydrogens (primary N) is 1. The normalized spacial score (nSPS) is 18.6. The van der Waals surface area contributed by atoms with Crippen LogP contribution in [0.1, 0.15) is 29.6 Å². The molecule has 1 amide bonds. The van der Waals surface area contributed by atoms with E-state index in [1.165, 1.54) is 6.07 Å². The van der Waals surface area contributed by atoms with Crippen LogP contribution in [-0.4, -0.2) is 30.4 Å². The van der Waals surface area contributed by atoms with Gasteiger partial charge in [-0.3, -0.25) is 4.79 Å². The standard InChI is InChI=1S/C14H18F2N2O.ClH/c15-11-3-4-12(13(16)8-11)14(19)18-7-1-2-10(9-18)5-6-17;/h3-4,8,10H,1-2,5-7,9,17H2;1H. The van der Waals surface area contributed by atoms with E-state index < -0.39 is 11.6 Å². The highest BCUT2D eigenvalue weighted by atomic mass is 35.5. The minimum atomic E-state index is -0.800. The summed E-state index contributed by atoms with van der Waals surface area (Å²) in [5.41, 5.74) is 5.47. The van der Waals surface area contributed by atoms with Gasteiger partial charge in [0.05, 0.1) is 5.56 Å². The quantitative estimate of drug-likeness (QED) is 0.933. The largest absolute Gasteiger partial charge is 0.338 e. The van der Waals surface area contributed by atoms with Crippen molar-refractivity contribution in [3.05, 3.63) is 35.4 Å². The number of hydrogen-bond acceptors (Lipinski definition) is 2. The lowest BCUT2D eigenvalue weighted by molar-refractivity contribution is 0.0664. The van der Waals surface area contributed by atoms with Crippen LogP contribution in [0.2, 0.25) is 0 Å². The van der Waals surface area contributed by atoms with Crippen LogP contribution in [0.4, 0.5) is 8.78 Å². The van der Waals surface area contributed by atoms with Gasteiger partial charge in [0.15, 0.2) is 0 Å². The third kappa shape index (κ3) is 3.90. The second kappa shape index (κ2) is 7.55. The van der Waals surface area contributed by atoms with E-state index >= 15 is 0 Å². The predicted molar refractivity (Wildman–Crippen MR) is 75.9 cm³/mol. The zero-order valence-electron chi connectivity index (χ0n) is 11.1. The number of carbonyl (C=O) groups is 1. The number of benzene rings is 1. The first kappa shape index (κ1) is 16.9. The van der Waals surface area contributed by atoms with E-state index in [0.717, 1.165) is 31.4 Å². The second-order valence-corrected chi connectivity index (χ2v) is 4.96. The molecular weight excluding hydrogens is 286 g/mol. The molecule has 2 N–H and O–H groups in total. The Balaban J connectivity index is 0.00000200. The summed E-state index contributed by atoms with van der Waals surface area (Å²) in [6, 6.07) is 3.06. The summed E-state index contributed by atoms with van der Waals surface area (Å²) in [5.74, 6) is -1.45. The van der Waals surface area contributed by atoms with Crippen molar-refractivity contribution in [1.29, 1.82) is 0 Å². The molecular formula is C14H19ClF2N2O. The van der Waals surface area contributed by atoms with Crippen molar-refractivity contribution < 1.29 is 13.6 Å². The molecule has 0 radical (unpaired) electrons. The average molecular weight is 305 g/mol. The molecule has 1 saturated heterocycles. The van der Waals surface area contributed by atoms with Gasteiger partial charge < -0.3 is 10.6 Å². The Morgan fingerprint density at radius 2 is 2.15 bits per heavy atom. The van der Waals surface area contributed by atoms with Crippen LogP contribution in [0.25, 0.3) is 0 Å². The van der Waals surface area contributed by atoms with Crippen LogP contribution in [0, 0.1) is 17.6 Å². The molecule has 1 aliphatic heterocycles. The Labute approximate surface area is 123 Å². The fourth-order valence-corrected chi connectivity index (χ4v) is 2.55. The van der Waals surface area contributed by atoms with Crippen LogP contribution in [-0.2, 0) is 0 Å². The maximum Gasteiger partial charge on any atom is 0.256 e. The molecule has 1 unspecified atom stereocenters. The summed E-state index contributed by atoms with van der Waals surface area (Å²) < 4.78 is 26.4. The highest BCUT2D eigenvalue weighted by Gasteiger charge is 2.25. The van der Waals surface area contributed by atoms with Gasteiger partial charge in [-0.2, -0.15) is 0 Å². The van der Waals surface area contributed by atoms with Gasteiger partial charge in [0, 0.05) is 19.2 Å². The summed E-state index contributed by atoms with van der Waals surface area (Å²) in [6.07, 6.45) is 2.82. The summed E-state index contributed by atoms with van der Waals surface area (Å²) in [5, 5.41) is 0. The first-order valence-corrected chi connectivity index (χ1v) is 6.56. The molecule has 6 heteroatoms. The molecule has 1 aromatic rings. The van der Waals surface area contributed by atoms with Crippen molar-refractivity contribution in [2.45, 2.75) is 19.3 Å². The molecule has 1 atom stereocenters. The Bertz CT molecular complexity index is 468. The summed E-state index contributed by atoms with van der Waals surface area (Å²) in [4.78, 5) is 13.9. The molecule has 20 heavy (non-hydrogen) atoms. The smallest absolute Gasteiger partial charge is 0.256 e. The fraction of sp³-hybridized carbons (Fsp3) is 0.500. The van der Waals surface area contributed by atoms with E-state index in [4.69, 9.17) is 5.73 Å². The van der Waals surface area contributed by atoms with Crippen LogP contribution < -0.4 is 5.73 Å². The number of rotatable bonds is 3. The van der Waals surface area contributed by atoms with Gasteiger partial charge in [-0.15, -0.1) is 12.4 Å². The highest BCUT2D eigenvalue weighted by Crippen LogP contribution is 2.21. The zero-order chi connectivity index (χ0) is 13.8. The lowest BCUT2D eigenvalue weighted by Crippen LogP contribution is -2.40. The van der Waals surface area contributed by atoms with Crippen molar-refractivity contribution in [2.24, 2.45) is 11.7 Å². The number of amides is 1. The number of hydrogen-bond donors (Lipinski definition) is 1. The molecule has 0 spiro atoms. The molecule has 0 saturated carbocycles. The first-order chi connectivity index (χ1) is 9.11. The molecule has 0 aromatic heterocycles. The number of piperidine rings is 1. The second-order valence-electron chi connectivity index (χ2n) is 4.96. The van der Waals surface area contributed by atoms with Gasteiger partial charge >= 0.3 is 0 Å². The minimum absolute atomic E-state index is 0. The van der Waals surface area contributed by atoms with Crippen LogP contribution in [0.15, 0.2) is 18.2 Å². The third-order valence-electron chi connectivity index (χ3n) is 3.54. The van der Waals surface area contributed by atoms with Gasteiger partial charge in [0.25, 0.3) is 5.91 Å². The molecule has 1 aliphatic rings. The van der Waals surface area contributed by atoms with E-state index in [0.29, 0.717) is 25.6 Å². The molecule has 1 heterocycles.